The monoisotopic (exact) mass is 383 g/mol. The molecule has 7 nitrogen and oxygen atoms in total. The lowest BCUT2D eigenvalue weighted by Gasteiger charge is -2.36. The van der Waals surface area contributed by atoms with Crippen molar-refractivity contribution in [1.29, 1.82) is 0 Å². The molecule has 0 aliphatic carbocycles. The molecule has 2 saturated heterocycles. The van der Waals surface area contributed by atoms with E-state index in [9.17, 15) is 9.59 Å². The quantitative estimate of drug-likeness (QED) is 0.326. The van der Waals surface area contributed by atoms with Crippen LogP contribution in [0, 0.1) is 11.8 Å². The Labute approximate surface area is 157 Å². The number of ether oxygens (including phenoxy) is 1. The number of amides is 2. The Bertz CT molecular complexity index is 523. The molecule has 0 saturated carbocycles. The average molecular weight is 383 g/mol. The van der Waals surface area contributed by atoms with Gasteiger partial charge in [0.25, 0.3) is 0 Å². The first kappa shape index (κ1) is 19.9. The van der Waals surface area contributed by atoms with E-state index >= 15 is 0 Å². The van der Waals surface area contributed by atoms with Gasteiger partial charge in [-0.2, -0.15) is 0 Å². The van der Waals surface area contributed by atoms with Crippen molar-refractivity contribution in [2.24, 2.45) is 11.8 Å². The van der Waals surface area contributed by atoms with Crippen LogP contribution in [0.2, 0.25) is 0 Å². The van der Waals surface area contributed by atoms with E-state index in [1.807, 2.05) is 12.2 Å². The third-order valence-electron chi connectivity index (χ3n) is 5.47. The highest BCUT2D eigenvalue weighted by Crippen LogP contribution is 2.46. The highest BCUT2D eigenvalue weighted by atomic mass is 31.2. The summed E-state index contributed by atoms with van der Waals surface area (Å²) in [6.07, 6.45) is 3.38. The number of carbonyl (C=O) groups excluding carboxylic acids is 2. The van der Waals surface area contributed by atoms with E-state index in [1.165, 1.54) is 4.90 Å². The van der Waals surface area contributed by atoms with Crippen molar-refractivity contribution in [2.75, 3.05) is 39.3 Å². The van der Waals surface area contributed by atoms with Gasteiger partial charge in [0.1, 0.15) is 0 Å². The highest BCUT2D eigenvalue weighted by Gasteiger charge is 2.60. The molecule has 0 N–H and O–H groups in total. The molecule has 2 amide bonds. The summed E-state index contributed by atoms with van der Waals surface area (Å²) in [4.78, 5) is 26.7. The molecule has 3 heterocycles. The largest absolute Gasteiger partial charge is 0.365 e. The molecule has 2 fully saturated rings. The SMILES string of the molecule is CCN(CC)P(OCCN1C(=O)[C@@H]2[C@H](C1=O)[C@H]1C=C[C@@H]2O1)N(CC)CC. The number of nitrogens with zero attached hydrogens (tertiary/aromatic N) is 3. The minimum atomic E-state index is -0.873. The maximum atomic E-state index is 12.7. The van der Waals surface area contributed by atoms with Crippen molar-refractivity contribution in [3.05, 3.63) is 12.2 Å². The summed E-state index contributed by atoms with van der Waals surface area (Å²) in [5.41, 5.74) is 0. The van der Waals surface area contributed by atoms with Gasteiger partial charge < -0.3 is 9.26 Å². The van der Waals surface area contributed by atoms with Crippen molar-refractivity contribution in [3.8, 4) is 0 Å². The first-order valence-corrected chi connectivity index (χ1v) is 10.9. The molecule has 2 bridgehead atoms. The number of fused-ring (bicyclic) bond motifs is 5. The predicted molar refractivity (Wildman–Crippen MR) is 100 cm³/mol. The molecule has 8 heteroatoms. The summed E-state index contributed by atoms with van der Waals surface area (Å²) >= 11 is 0. The van der Waals surface area contributed by atoms with E-state index in [0.717, 1.165) is 26.2 Å². The second kappa shape index (κ2) is 8.44. The maximum absolute atomic E-state index is 12.7. The Morgan fingerprint density at radius 1 is 0.962 bits per heavy atom. The first-order valence-electron chi connectivity index (χ1n) is 9.69. The Balaban J connectivity index is 1.59. The van der Waals surface area contributed by atoms with Crippen molar-refractivity contribution >= 4 is 20.3 Å². The van der Waals surface area contributed by atoms with E-state index < -0.39 is 8.45 Å². The first-order chi connectivity index (χ1) is 12.6. The zero-order valence-corrected chi connectivity index (χ0v) is 17.0. The van der Waals surface area contributed by atoms with Gasteiger partial charge in [-0.25, -0.2) is 9.34 Å². The molecular formula is C18H30N3O4P. The van der Waals surface area contributed by atoms with Crippen LogP contribution in [0.4, 0.5) is 0 Å². The van der Waals surface area contributed by atoms with Crippen LogP contribution >= 0.6 is 8.45 Å². The number of likely N-dealkylation sites (tertiary alicyclic amines) is 1. The third-order valence-corrected chi connectivity index (χ3v) is 7.98. The van der Waals surface area contributed by atoms with Crippen molar-refractivity contribution in [3.63, 3.8) is 0 Å². The van der Waals surface area contributed by atoms with E-state index in [-0.39, 0.29) is 35.9 Å². The molecule has 26 heavy (non-hydrogen) atoms. The fourth-order valence-electron chi connectivity index (χ4n) is 4.07. The van der Waals surface area contributed by atoms with Crippen LogP contribution in [-0.4, -0.2) is 77.6 Å². The minimum absolute atomic E-state index is 0.101. The normalized spacial score (nSPS) is 29.9. The second-order valence-electron chi connectivity index (χ2n) is 6.69. The fraction of sp³-hybridized carbons (Fsp3) is 0.778. The van der Waals surface area contributed by atoms with Crippen molar-refractivity contribution in [2.45, 2.75) is 39.9 Å². The fourth-order valence-corrected chi connectivity index (χ4v) is 5.97. The van der Waals surface area contributed by atoms with Gasteiger partial charge in [-0.15, -0.1) is 0 Å². The summed E-state index contributed by atoms with van der Waals surface area (Å²) in [6.45, 7) is 12.9. The molecule has 0 spiro atoms. The lowest BCUT2D eigenvalue weighted by molar-refractivity contribution is -0.142. The van der Waals surface area contributed by atoms with Gasteiger partial charge in [0.15, 0.2) is 8.45 Å². The van der Waals surface area contributed by atoms with Crippen molar-refractivity contribution in [1.82, 2.24) is 14.2 Å². The summed E-state index contributed by atoms with van der Waals surface area (Å²) in [5.74, 6) is -0.861. The highest BCUT2D eigenvalue weighted by molar-refractivity contribution is 7.47. The number of carbonyl (C=O) groups is 2. The van der Waals surface area contributed by atoms with Crippen LogP contribution in [0.1, 0.15) is 27.7 Å². The molecule has 3 aliphatic rings. The standard InChI is InChI=1S/C18H30N3O4P/c1-5-19(6-2)26(20(7-3)8-4)24-12-11-21-17(22)15-13-9-10-14(25-13)16(15)18(21)23/h9-10,13-16H,5-8,11-12H2,1-4H3/t13-,14+,15-,16+. The molecule has 3 aliphatic heterocycles. The zero-order valence-electron chi connectivity index (χ0n) is 16.1. The molecular weight excluding hydrogens is 353 g/mol. The Morgan fingerprint density at radius 2 is 1.42 bits per heavy atom. The van der Waals surface area contributed by atoms with Crippen LogP contribution in [-0.2, 0) is 18.8 Å². The number of hydrogen-bond donors (Lipinski definition) is 0. The summed E-state index contributed by atoms with van der Waals surface area (Å²) in [5, 5.41) is 0. The molecule has 0 aromatic rings. The van der Waals surface area contributed by atoms with E-state index in [1.54, 1.807) is 0 Å². The molecule has 3 rings (SSSR count). The van der Waals surface area contributed by atoms with E-state index in [4.69, 9.17) is 9.26 Å². The van der Waals surface area contributed by atoms with Crippen LogP contribution in [0.3, 0.4) is 0 Å². The topological polar surface area (TPSA) is 62.3 Å². The molecule has 4 atom stereocenters. The smallest absolute Gasteiger partial charge is 0.236 e. The summed E-state index contributed by atoms with van der Waals surface area (Å²) < 4.78 is 16.5. The van der Waals surface area contributed by atoms with Gasteiger partial charge in [-0.05, 0) is 0 Å². The molecule has 0 unspecified atom stereocenters. The van der Waals surface area contributed by atoms with Gasteiger partial charge in [0.2, 0.25) is 11.8 Å². The van der Waals surface area contributed by atoms with Gasteiger partial charge >= 0.3 is 0 Å². The van der Waals surface area contributed by atoms with Gasteiger partial charge in [0.05, 0.1) is 37.2 Å². The van der Waals surface area contributed by atoms with Crippen LogP contribution in [0.25, 0.3) is 0 Å². The van der Waals surface area contributed by atoms with Crippen LogP contribution < -0.4 is 0 Å². The minimum Gasteiger partial charge on any atom is -0.365 e. The van der Waals surface area contributed by atoms with E-state index in [0.29, 0.717) is 13.2 Å². The number of rotatable bonds is 10. The summed E-state index contributed by atoms with van der Waals surface area (Å²) in [6, 6.07) is 0. The Hall–Kier alpha value is -0.850. The molecule has 0 radical (unpaired) electrons. The van der Waals surface area contributed by atoms with Gasteiger partial charge in [0, 0.05) is 26.2 Å². The van der Waals surface area contributed by atoms with Crippen molar-refractivity contribution < 1.29 is 18.8 Å². The molecule has 0 aromatic heterocycles. The lowest BCUT2D eigenvalue weighted by atomic mass is 9.85. The predicted octanol–water partition coefficient (Wildman–Crippen LogP) is 1.85. The van der Waals surface area contributed by atoms with Gasteiger partial charge in [-0.1, -0.05) is 39.8 Å². The zero-order chi connectivity index (χ0) is 18.8. The number of hydrogen-bond acceptors (Lipinski definition) is 6. The lowest BCUT2D eigenvalue weighted by Crippen LogP contribution is -2.37. The Kier molecular flexibility index (Phi) is 6.46. The van der Waals surface area contributed by atoms with E-state index in [2.05, 4.69) is 37.0 Å². The number of imide groups is 1. The molecule has 0 aromatic carbocycles. The van der Waals surface area contributed by atoms with Crippen LogP contribution in [0.15, 0.2) is 12.2 Å². The average Bonchev–Trinajstić information content (AvgIpc) is 3.32. The Morgan fingerprint density at radius 3 is 1.85 bits per heavy atom. The second-order valence-corrected chi connectivity index (χ2v) is 8.59. The maximum Gasteiger partial charge on any atom is 0.236 e. The molecule has 146 valence electrons. The third kappa shape index (κ3) is 3.36. The van der Waals surface area contributed by atoms with Crippen LogP contribution in [0.5, 0.6) is 0 Å². The van der Waals surface area contributed by atoms with Gasteiger partial charge in [-0.3, -0.25) is 14.5 Å². The summed E-state index contributed by atoms with van der Waals surface area (Å²) in [7, 11) is -0.873.